The molecule has 0 saturated heterocycles. The second-order valence-corrected chi connectivity index (χ2v) is 5.08. The molecule has 2 aromatic carbocycles. The van der Waals surface area contributed by atoms with Gasteiger partial charge in [0.2, 0.25) is 5.95 Å². The maximum Gasteiger partial charge on any atom is 0.274 e. The Morgan fingerprint density at radius 2 is 1.88 bits per heavy atom. The minimum Gasteiger partial charge on any atom is -0.497 e. The predicted molar refractivity (Wildman–Crippen MR) is 88.1 cm³/mol. The molecule has 0 spiro atoms. The standard InChI is InChI=1S/C17H15FN4O2/c1-24-12-8-6-11(7-9-12)10-15-16(23)20-17(22-21-15)19-14-5-3-2-4-13(14)18/h2-9H,10H2,1H3,(H2,19,20,22,23). The molecule has 3 rings (SSSR count). The quantitative estimate of drug-likeness (QED) is 0.753. The van der Waals surface area contributed by atoms with Gasteiger partial charge in [-0.3, -0.25) is 9.78 Å². The lowest BCUT2D eigenvalue weighted by Gasteiger charge is -2.06. The molecule has 0 aliphatic heterocycles. The molecule has 24 heavy (non-hydrogen) atoms. The van der Waals surface area contributed by atoms with Gasteiger partial charge in [-0.2, -0.15) is 0 Å². The van der Waals surface area contributed by atoms with Crippen LogP contribution in [0.15, 0.2) is 53.3 Å². The number of aromatic amines is 1. The summed E-state index contributed by atoms with van der Waals surface area (Å²) >= 11 is 0. The van der Waals surface area contributed by atoms with Crippen LogP contribution in [-0.4, -0.2) is 22.3 Å². The molecule has 0 radical (unpaired) electrons. The van der Waals surface area contributed by atoms with Crippen LogP contribution in [0.4, 0.5) is 16.0 Å². The number of benzene rings is 2. The highest BCUT2D eigenvalue weighted by atomic mass is 19.1. The zero-order valence-corrected chi connectivity index (χ0v) is 12.9. The highest BCUT2D eigenvalue weighted by molar-refractivity contribution is 5.53. The molecule has 0 aliphatic rings. The maximum absolute atomic E-state index is 13.6. The van der Waals surface area contributed by atoms with Gasteiger partial charge in [-0.1, -0.05) is 24.3 Å². The monoisotopic (exact) mass is 326 g/mol. The van der Waals surface area contributed by atoms with Gasteiger partial charge in [0.25, 0.3) is 5.56 Å². The smallest absolute Gasteiger partial charge is 0.274 e. The van der Waals surface area contributed by atoms with Crippen molar-refractivity contribution in [3.8, 4) is 5.75 Å². The fourth-order valence-corrected chi connectivity index (χ4v) is 2.16. The van der Waals surface area contributed by atoms with Crippen molar-refractivity contribution in [2.24, 2.45) is 0 Å². The van der Waals surface area contributed by atoms with E-state index in [9.17, 15) is 9.18 Å². The molecule has 2 N–H and O–H groups in total. The summed E-state index contributed by atoms with van der Waals surface area (Å²) < 4.78 is 18.7. The van der Waals surface area contributed by atoms with Crippen LogP contribution in [0.1, 0.15) is 11.3 Å². The number of halogens is 1. The van der Waals surface area contributed by atoms with Gasteiger partial charge >= 0.3 is 0 Å². The van der Waals surface area contributed by atoms with E-state index >= 15 is 0 Å². The van der Waals surface area contributed by atoms with E-state index in [4.69, 9.17) is 4.74 Å². The molecule has 0 amide bonds. The SMILES string of the molecule is COc1ccc(Cc2nnc(Nc3ccccc3F)[nH]c2=O)cc1. The van der Waals surface area contributed by atoms with Gasteiger partial charge in [0.15, 0.2) is 0 Å². The summed E-state index contributed by atoms with van der Waals surface area (Å²) in [6, 6.07) is 13.4. The summed E-state index contributed by atoms with van der Waals surface area (Å²) in [5.74, 6) is 0.384. The normalized spacial score (nSPS) is 10.4. The van der Waals surface area contributed by atoms with Gasteiger partial charge in [-0.25, -0.2) is 4.39 Å². The van der Waals surface area contributed by atoms with E-state index in [1.54, 1.807) is 25.3 Å². The van der Waals surface area contributed by atoms with Gasteiger partial charge in [-0.05, 0) is 29.8 Å². The largest absolute Gasteiger partial charge is 0.497 e. The van der Waals surface area contributed by atoms with Crippen molar-refractivity contribution in [2.75, 3.05) is 12.4 Å². The Hall–Kier alpha value is -3.22. The van der Waals surface area contributed by atoms with E-state index < -0.39 is 5.82 Å². The van der Waals surface area contributed by atoms with Crippen molar-refractivity contribution in [1.82, 2.24) is 15.2 Å². The molecule has 0 saturated carbocycles. The van der Waals surface area contributed by atoms with E-state index in [2.05, 4.69) is 20.5 Å². The first-order chi connectivity index (χ1) is 11.7. The van der Waals surface area contributed by atoms with Gasteiger partial charge in [0.05, 0.1) is 12.8 Å². The summed E-state index contributed by atoms with van der Waals surface area (Å²) in [6.07, 6.45) is 0.340. The number of ether oxygens (including phenoxy) is 1. The number of H-pyrrole nitrogens is 1. The van der Waals surface area contributed by atoms with Crippen LogP contribution in [0.5, 0.6) is 5.75 Å². The zero-order valence-electron chi connectivity index (χ0n) is 12.9. The Bertz CT molecular complexity index is 894. The summed E-state index contributed by atoms with van der Waals surface area (Å²) in [7, 11) is 1.59. The molecule has 0 fully saturated rings. The van der Waals surface area contributed by atoms with Crippen molar-refractivity contribution in [3.05, 3.63) is 76.0 Å². The number of methoxy groups -OCH3 is 1. The molecule has 0 unspecified atom stereocenters. The van der Waals surface area contributed by atoms with E-state index in [0.29, 0.717) is 6.42 Å². The zero-order chi connectivity index (χ0) is 16.9. The highest BCUT2D eigenvalue weighted by Gasteiger charge is 2.08. The third kappa shape index (κ3) is 3.57. The topological polar surface area (TPSA) is 79.9 Å². The Labute approximate surface area is 137 Å². The van der Waals surface area contributed by atoms with Gasteiger partial charge in [0.1, 0.15) is 17.3 Å². The summed E-state index contributed by atoms with van der Waals surface area (Å²) in [5, 5.41) is 10.5. The average Bonchev–Trinajstić information content (AvgIpc) is 2.60. The number of aromatic nitrogens is 3. The molecule has 3 aromatic rings. The summed E-state index contributed by atoms with van der Waals surface area (Å²) in [4.78, 5) is 14.7. The van der Waals surface area contributed by atoms with E-state index in [1.807, 2.05) is 24.3 Å². The molecule has 1 heterocycles. The molecule has 7 heteroatoms. The van der Waals surface area contributed by atoms with E-state index in [-0.39, 0.29) is 22.9 Å². The molecule has 6 nitrogen and oxygen atoms in total. The molecule has 0 atom stereocenters. The van der Waals surface area contributed by atoms with Crippen LogP contribution < -0.4 is 15.6 Å². The lowest BCUT2D eigenvalue weighted by atomic mass is 10.1. The first-order valence-corrected chi connectivity index (χ1v) is 7.26. The minimum atomic E-state index is -0.442. The maximum atomic E-state index is 13.6. The third-order valence-electron chi connectivity index (χ3n) is 3.42. The third-order valence-corrected chi connectivity index (χ3v) is 3.42. The van der Waals surface area contributed by atoms with Gasteiger partial charge in [0, 0.05) is 6.42 Å². The molecule has 122 valence electrons. The Morgan fingerprint density at radius 3 is 2.54 bits per heavy atom. The first kappa shape index (κ1) is 15.7. The number of para-hydroxylation sites is 1. The van der Waals surface area contributed by atoms with Crippen molar-refractivity contribution in [2.45, 2.75) is 6.42 Å². The molecule has 0 bridgehead atoms. The number of rotatable bonds is 5. The lowest BCUT2D eigenvalue weighted by Crippen LogP contribution is -2.19. The summed E-state index contributed by atoms with van der Waals surface area (Å²) in [6.45, 7) is 0. The Kier molecular flexibility index (Phi) is 4.51. The molecule has 1 aromatic heterocycles. The number of hydrogen-bond acceptors (Lipinski definition) is 5. The van der Waals surface area contributed by atoms with Crippen molar-refractivity contribution in [3.63, 3.8) is 0 Å². The summed E-state index contributed by atoms with van der Waals surface area (Å²) in [5.41, 5.74) is 1.02. The van der Waals surface area contributed by atoms with Gasteiger partial charge in [-0.15, -0.1) is 10.2 Å². The van der Waals surface area contributed by atoms with Crippen LogP contribution in [0.2, 0.25) is 0 Å². The predicted octanol–water partition coefficient (Wildman–Crippen LogP) is 2.65. The van der Waals surface area contributed by atoms with Crippen LogP contribution in [0.25, 0.3) is 0 Å². The molecular weight excluding hydrogens is 311 g/mol. The average molecular weight is 326 g/mol. The lowest BCUT2D eigenvalue weighted by molar-refractivity contribution is 0.414. The van der Waals surface area contributed by atoms with E-state index in [0.717, 1.165) is 11.3 Å². The van der Waals surface area contributed by atoms with Crippen molar-refractivity contribution >= 4 is 11.6 Å². The van der Waals surface area contributed by atoms with Crippen LogP contribution in [0, 0.1) is 5.82 Å². The number of hydrogen-bond donors (Lipinski definition) is 2. The first-order valence-electron chi connectivity index (χ1n) is 7.26. The second-order valence-electron chi connectivity index (χ2n) is 5.08. The second kappa shape index (κ2) is 6.91. The van der Waals surface area contributed by atoms with Crippen molar-refractivity contribution < 1.29 is 9.13 Å². The van der Waals surface area contributed by atoms with Crippen LogP contribution in [0.3, 0.4) is 0 Å². The molecule has 0 aliphatic carbocycles. The fourth-order valence-electron chi connectivity index (χ4n) is 2.16. The number of nitrogens with one attached hydrogen (secondary N) is 2. The Balaban J connectivity index is 1.77. The van der Waals surface area contributed by atoms with Crippen molar-refractivity contribution in [1.29, 1.82) is 0 Å². The number of anilines is 2. The highest BCUT2D eigenvalue weighted by Crippen LogP contribution is 2.16. The van der Waals surface area contributed by atoms with Crippen LogP contribution in [-0.2, 0) is 6.42 Å². The number of nitrogens with zero attached hydrogens (tertiary/aromatic N) is 2. The Morgan fingerprint density at radius 1 is 1.12 bits per heavy atom. The molecular formula is C17H15FN4O2. The minimum absolute atomic E-state index is 0.0866. The van der Waals surface area contributed by atoms with Crippen LogP contribution >= 0.6 is 0 Å². The fraction of sp³-hybridized carbons (Fsp3) is 0.118. The van der Waals surface area contributed by atoms with Gasteiger partial charge < -0.3 is 10.1 Å². The van der Waals surface area contributed by atoms with E-state index in [1.165, 1.54) is 6.07 Å².